The maximum atomic E-state index is 11.3. The lowest BCUT2D eigenvalue weighted by Crippen LogP contribution is -2.02. The van der Waals surface area contributed by atoms with Crippen LogP contribution < -0.4 is 5.32 Å². The van der Waals surface area contributed by atoms with Crippen molar-refractivity contribution < 1.29 is 14.6 Å². The average molecular weight is 294 g/mol. The van der Waals surface area contributed by atoms with Gasteiger partial charge in [0, 0.05) is 11.8 Å². The average Bonchev–Trinajstić information content (AvgIpc) is 2.39. The van der Waals surface area contributed by atoms with Crippen LogP contribution in [0.25, 0.3) is 0 Å². The Bertz CT molecular complexity index is 641. The lowest BCUT2D eigenvalue weighted by Gasteiger charge is -2.09. The molecule has 20 heavy (non-hydrogen) atoms. The number of rotatable bonds is 3. The second-order valence-corrected chi connectivity index (χ2v) is 4.35. The quantitative estimate of drug-likeness (QED) is 0.514. The predicted octanol–water partition coefficient (Wildman–Crippen LogP) is 2.67. The molecule has 0 spiro atoms. The van der Waals surface area contributed by atoms with Crippen molar-refractivity contribution >= 4 is 29.1 Å². The normalized spacial score (nSPS) is 10.2. The first-order valence-electron chi connectivity index (χ1n) is 5.69. The number of esters is 1. The summed E-state index contributed by atoms with van der Waals surface area (Å²) in [6.45, 7) is 1.78. The molecule has 0 unspecified atom stereocenters. The van der Waals surface area contributed by atoms with E-state index >= 15 is 0 Å². The van der Waals surface area contributed by atoms with Gasteiger partial charge in [0.2, 0.25) is 5.28 Å². The number of ether oxygens (including phenoxy) is 1. The lowest BCUT2D eigenvalue weighted by molar-refractivity contribution is 0.0600. The molecule has 1 aromatic heterocycles. The first-order chi connectivity index (χ1) is 9.49. The van der Waals surface area contributed by atoms with Gasteiger partial charge in [-0.05, 0) is 36.7 Å². The number of nitrogens with zero attached hydrogens (tertiary/aromatic N) is 2. The van der Waals surface area contributed by atoms with Gasteiger partial charge in [-0.25, -0.2) is 14.8 Å². The van der Waals surface area contributed by atoms with Gasteiger partial charge in [-0.2, -0.15) is 0 Å². The Morgan fingerprint density at radius 3 is 2.70 bits per heavy atom. The van der Waals surface area contributed by atoms with Gasteiger partial charge in [0.25, 0.3) is 0 Å². The van der Waals surface area contributed by atoms with Crippen LogP contribution in [0.2, 0.25) is 5.28 Å². The number of nitrogens with one attached hydrogen (secondary N) is 1. The SMILES string of the molecule is COC(=O)c1ccc(Nc2cc(C)nc(Cl)n2)c(O)c1. The highest BCUT2D eigenvalue weighted by Gasteiger charge is 2.10. The minimum Gasteiger partial charge on any atom is -0.506 e. The molecule has 1 aromatic carbocycles. The topological polar surface area (TPSA) is 84.3 Å². The summed E-state index contributed by atoms with van der Waals surface area (Å²) in [5.74, 6) is -0.170. The second kappa shape index (κ2) is 5.75. The van der Waals surface area contributed by atoms with Gasteiger partial charge in [-0.1, -0.05) is 0 Å². The summed E-state index contributed by atoms with van der Waals surface area (Å²) in [4.78, 5) is 19.3. The maximum Gasteiger partial charge on any atom is 0.337 e. The Labute approximate surface area is 120 Å². The fourth-order valence-corrected chi connectivity index (χ4v) is 1.84. The number of halogens is 1. The molecule has 2 rings (SSSR count). The van der Waals surface area contributed by atoms with Gasteiger partial charge in [-0.3, -0.25) is 0 Å². The van der Waals surface area contributed by atoms with E-state index in [0.29, 0.717) is 17.2 Å². The molecule has 1 heterocycles. The number of hydrogen-bond donors (Lipinski definition) is 2. The van der Waals surface area contributed by atoms with E-state index in [1.54, 1.807) is 19.1 Å². The van der Waals surface area contributed by atoms with Crippen LogP contribution in [-0.4, -0.2) is 28.2 Å². The van der Waals surface area contributed by atoms with Gasteiger partial charge >= 0.3 is 5.97 Å². The predicted molar refractivity (Wildman–Crippen MR) is 74.5 cm³/mol. The minimum atomic E-state index is -0.521. The number of hydrogen-bond acceptors (Lipinski definition) is 6. The number of aromatic nitrogens is 2. The third kappa shape index (κ3) is 3.16. The van der Waals surface area contributed by atoms with Gasteiger partial charge < -0.3 is 15.2 Å². The van der Waals surface area contributed by atoms with E-state index in [-0.39, 0.29) is 16.6 Å². The summed E-state index contributed by atoms with van der Waals surface area (Å²) < 4.78 is 4.57. The third-order valence-electron chi connectivity index (χ3n) is 2.51. The number of phenols is 1. The second-order valence-electron chi connectivity index (χ2n) is 4.01. The van der Waals surface area contributed by atoms with Crippen molar-refractivity contribution in [2.24, 2.45) is 0 Å². The lowest BCUT2D eigenvalue weighted by atomic mass is 10.2. The molecular formula is C13H12ClN3O3. The molecule has 0 amide bonds. The van der Waals surface area contributed by atoms with E-state index in [2.05, 4.69) is 20.0 Å². The molecule has 0 aliphatic rings. The number of phenolic OH excluding ortho intramolecular Hbond substituents is 1. The molecular weight excluding hydrogens is 282 g/mol. The van der Waals surface area contributed by atoms with Gasteiger partial charge in [-0.15, -0.1) is 0 Å². The van der Waals surface area contributed by atoms with Crippen LogP contribution >= 0.6 is 11.6 Å². The largest absolute Gasteiger partial charge is 0.506 e. The Kier molecular flexibility index (Phi) is 4.05. The van der Waals surface area contributed by atoms with Crippen LogP contribution in [0.3, 0.4) is 0 Å². The number of aryl methyl sites for hydroxylation is 1. The van der Waals surface area contributed by atoms with E-state index < -0.39 is 5.97 Å². The van der Waals surface area contributed by atoms with Crippen LogP contribution in [0.1, 0.15) is 16.1 Å². The third-order valence-corrected chi connectivity index (χ3v) is 2.68. The number of methoxy groups -OCH3 is 1. The van der Waals surface area contributed by atoms with Crippen molar-refractivity contribution in [2.45, 2.75) is 6.92 Å². The molecule has 104 valence electrons. The molecule has 0 bridgehead atoms. The van der Waals surface area contributed by atoms with E-state index in [1.807, 2.05) is 0 Å². The zero-order valence-electron chi connectivity index (χ0n) is 10.8. The van der Waals surface area contributed by atoms with Crippen molar-refractivity contribution in [2.75, 3.05) is 12.4 Å². The molecule has 0 aliphatic carbocycles. The fourth-order valence-electron chi connectivity index (χ4n) is 1.62. The highest BCUT2D eigenvalue weighted by atomic mass is 35.5. The number of aromatic hydroxyl groups is 1. The van der Waals surface area contributed by atoms with Gasteiger partial charge in [0.15, 0.2) is 0 Å². The maximum absolute atomic E-state index is 11.3. The molecule has 0 saturated carbocycles. The first-order valence-corrected chi connectivity index (χ1v) is 6.07. The molecule has 2 aromatic rings. The zero-order valence-corrected chi connectivity index (χ0v) is 11.6. The van der Waals surface area contributed by atoms with Crippen LogP contribution in [0.4, 0.5) is 11.5 Å². The molecule has 0 saturated heterocycles. The number of benzene rings is 1. The minimum absolute atomic E-state index is 0.0970. The molecule has 0 radical (unpaired) electrons. The molecule has 0 aliphatic heterocycles. The summed E-state index contributed by atoms with van der Waals surface area (Å²) in [6, 6.07) is 6.07. The molecule has 2 N–H and O–H groups in total. The van der Waals surface area contributed by atoms with E-state index in [9.17, 15) is 9.90 Å². The van der Waals surface area contributed by atoms with Crippen molar-refractivity contribution in [3.63, 3.8) is 0 Å². The summed E-state index contributed by atoms with van der Waals surface area (Å²) in [6.07, 6.45) is 0. The Morgan fingerprint density at radius 2 is 2.10 bits per heavy atom. The highest BCUT2D eigenvalue weighted by molar-refractivity contribution is 6.28. The van der Waals surface area contributed by atoms with Crippen LogP contribution in [0.5, 0.6) is 5.75 Å². The molecule has 6 nitrogen and oxygen atoms in total. The Morgan fingerprint density at radius 1 is 1.35 bits per heavy atom. The Hall–Kier alpha value is -2.34. The van der Waals surface area contributed by atoms with E-state index in [0.717, 1.165) is 0 Å². The van der Waals surface area contributed by atoms with Gasteiger partial charge in [0.05, 0.1) is 18.4 Å². The number of anilines is 2. The monoisotopic (exact) mass is 293 g/mol. The summed E-state index contributed by atoms with van der Waals surface area (Å²) in [5, 5.41) is 12.9. The van der Waals surface area contributed by atoms with Crippen molar-refractivity contribution in [1.82, 2.24) is 9.97 Å². The number of carbonyl (C=O) groups is 1. The first kappa shape index (κ1) is 14.1. The highest BCUT2D eigenvalue weighted by Crippen LogP contribution is 2.27. The molecule has 0 fully saturated rings. The summed E-state index contributed by atoms with van der Waals surface area (Å²) in [7, 11) is 1.28. The Balaban J connectivity index is 2.27. The zero-order chi connectivity index (χ0) is 14.7. The van der Waals surface area contributed by atoms with Gasteiger partial charge in [0.1, 0.15) is 11.6 Å². The number of carbonyl (C=O) groups excluding carboxylic acids is 1. The standard InChI is InChI=1S/C13H12ClN3O3/c1-7-5-11(17-13(14)15-7)16-9-4-3-8(6-10(9)18)12(19)20-2/h3-6,18H,1-2H3,(H,15,16,17). The smallest absolute Gasteiger partial charge is 0.337 e. The van der Waals surface area contributed by atoms with E-state index in [4.69, 9.17) is 11.6 Å². The van der Waals surface area contributed by atoms with Crippen LogP contribution in [-0.2, 0) is 4.74 Å². The molecule has 7 heteroatoms. The molecule has 0 atom stereocenters. The summed E-state index contributed by atoms with van der Waals surface area (Å²) in [5.41, 5.74) is 1.34. The van der Waals surface area contributed by atoms with Crippen molar-refractivity contribution in [3.8, 4) is 5.75 Å². The fraction of sp³-hybridized carbons (Fsp3) is 0.154. The van der Waals surface area contributed by atoms with Crippen molar-refractivity contribution in [3.05, 3.63) is 40.8 Å². The van der Waals surface area contributed by atoms with Crippen LogP contribution in [0.15, 0.2) is 24.3 Å². The van der Waals surface area contributed by atoms with Crippen LogP contribution in [0, 0.1) is 6.92 Å². The summed E-state index contributed by atoms with van der Waals surface area (Å²) >= 11 is 5.76. The van der Waals surface area contributed by atoms with E-state index in [1.165, 1.54) is 19.2 Å². The van der Waals surface area contributed by atoms with Crippen molar-refractivity contribution in [1.29, 1.82) is 0 Å².